The fourth-order valence-electron chi connectivity index (χ4n) is 9.00. The first-order valence-corrected chi connectivity index (χ1v) is 20.6. The molecule has 0 unspecified atom stereocenters. The Morgan fingerprint density at radius 3 is 1.67 bits per heavy atom. The molecule has 0 radical (unpaired) electrons. The molecule has 0 fully saturated rings. The molecule has 12 rings (SSSR count). The van der Waals surface area contributed by atoms with E-state index >= 15 is 0 Å². The van der Waals surface area contributed by atoms with Crippen LogP contribution in [0.1, 0.15) is 0 Å². The lowest BCUT2D eigenvalue weighted by molar-refractivity contribution is 0.669. The predicted molar refractivity (Wildman–Crippen MR) is 252 cm³/mol. The largest absolute Gasteiger partial charge is 0.455 e. The van der Waals surface area contributed by atoms with Gasteiger partial charge in [-0.1, -0.05) is 188 Å². The third-order valence-corrected chi connectivity index (χ3v) is 11.9. The van der Waals surface area contributed by atoms with Crippen molar-refractivity contribution in [1.82, 2.24) is 15.0 Å². The molecule has 0 saturated carbocycles. The minimum absolute atomic E-state index is 0.549. The summed E-state index contributed by atoms with van der Waals surface area (Å²) in [7, 11) is 0. The van der Waals surface area contributed by atoms with Crippen LogP contribution in [-0.2, 0) is 0 Å². The maximum atomic E-state index is 6.58. The van der Waals surface area contributed by atoms with Crippen molar-refractivity contribution in [1.29, 1.82) is 0 Å². The van der Waals surface area contributed by atoms with Gasteiger partial charge in [0, 0.05) is 21.9 Å². The number of hydrogen-bond donors (Lipinski definition) is 0. The molecule has 0 bridgehead atoms. The number of aromatic nitrogens is 3. The number of fused-ring (bicyclic) bond motifs is 6. The normalized spacial score (nSPS) is 11.6. The summed E-state index contributed by atoms with van der Waals surface area (Å²) in [4.78, 5) is 16.0. The van der Waals surface area contributed by atoms with E-state index in [1.54, 1.807) is 0 Å². The molecule has 0 aliphatic carbocycles. The smallest absolute Gasteiger partial charge is 0.167 e. The molecule has 0 amide bonds. The van der Waals surface area contributed by atoms with E-state index in [-0.39, 0.29) is 0 Å². The second-order valence-corrected chi connectivity index (χ2v) is 15.5. The van der Waals surface area contributed by atoms with E-state index in [4.69, 9.17) is 19.4 Å². The summed E-state index contributed by atoms with van der Waals surface area (Å²) >= 11 is 0. The van der Waals surface area contributed by atoms with Gasteiger partial charge in [-0.2, -0.15) is 0 Å². The zero-order valence-corrected chi connectivity index (χ0v) is 33.0. The average molecular weight is 778 g/mol. The van der Waals surface area contributed by atoms with Gasteiger partial charge in [0.15, 0.2) is 17.5 Å². The molecule has 0 aliphatic heterocycles. The molecule has 0 saturated heterocycles. The number of rotatable bonds is 6. The highest BCUT2D eigenvalue weighted by molar-refractivity contribution is 6.10. The van der Waals surface area contributed by atoms with E-state index in [2.05, 4.69) is 194 Å². The fraction of sp³-hybridized carbons (Fsp3) is 0. The van der Waals surface area contributed by atoms with E-state index in [1.807, 2.05) is 18.2 Å². The summed E-state index contributed by atoms with van der Waals surface area (Å²) in [5.41, 5.74) is 11.1. The lowest BCUT2D eigenvalue weighted by Gasteiger charge is -2.16. The molecule has 4 nitrogen and oxygen atoms in total. The number of nitrogens with zero attached hydrogens (tertiary/aromatic N) is 3. The molecule has 284 valence electrons. The van der Waals surface area contributed by atoms with Gasteiger partial charge < -0.3 is 4.42 Å². The van der Waals surface area contributed by atoms with Crippen molar-refractivity contribution in [2.75, 3.05) is 0 Å². The van der Waals surface area contributed by atoms with Gasteiger partial charge in [0.2, 0.25) is 0 Å². The van der Waals surface area contributed by atoms with Gasteiger partial charge >= 0.3 is 0 Å². The third-order valence-electron chi connectivity index (χ3n) is 11.9. The zero-order chi connectivity index (χ0) is 40.3. The van der Waals surface area contributed by atoms with Crippen LogP contribution in [0.25, 0.3) is 122 Å². The molecule has 0 spiro atoms. The highest BCUT2D eigenvalue weighted by Crippen LogP contribution is 2.42. The van der Waals surface area contributed by atoms with Crippen molar-refractivity contribution in [2.24, 2.45) is 0 Å². The van der Waals surface area contributed by atoms with E-state index in [0.29, 0.717) is 17.5 Å². The molecular formula is C57H35N3O. The third kappa shape index (κ3) is 5.96. The Bertz CT molecular complexity index is 3640. The SMILES string of the molecule is c1ccc(-c2cc(-c3ccc(-c4nc(-c5c(-c6cccc7ccccc67)ccc6ccccc56)nc(-c5cccc6c5oc5ccccc56)n4)cc3)cc3ccccc23)cc1. The van der Waals surface area contributed by atoms with Gasteiger partial charge in [-0.25, -0.2) is 15.0 Å². The monoisotopic (exact) mass is 777 g/mol. The van der Waals surface area contributed by atoms with Crippen molar-refractivity contribution in [3.05, 3.63) is 212 Å². The van der Waals surface area contributed by atoms with Crippen LogP contribution in [0.15, 0.2) is 217 Å². The van der Waals surface area contributed by atoms with Crippen LogP contribution in [0.2, 0.25) is 0 Å². The summed E-state index contributed by atoms with van der Waals surface area (Å²) in [5, 5.41) is 9.03. The Kier molecular flexibility index (Phi) is 8.13. The van der Waals surface area contributed by atoms with Gasteiger partial charge in [0.05, 0.1) is 5.56 Å². The van der Waals surface area contributed by atoms with Crippen LogP contribution in [0.3, 0.4) is 0 Å². The second-order valence-electron chi connectivity index (χ2n) is 15.5. The first-order chi connectivity index (χ1) is 30.2. The quantitative estimate of drug-likeness (QED) is 0.169. The van der Waals surface area contributed by atoms with Gasteiger partial charge in [0.1, 0.15) is 11.2 Å². The Balaban J connectivity index is 1.08. The van der Waals surface area contributed by atoms with Crippen LogP contribution in [0, 0.1) is 0 Å². The Labute approximate surface area is 352 Å². The molecule has 0 N–H and O–H groups in total. The molecular weight excluding hydrogens is 743 g/mol. The number of hydrogen-bond acceptors (Lipinski definition) is 4. The summed E-state index contributed by atoms with van der Waals surface area (Å²) in [5.74, 6) is 1.73. The maximum Gasteiger partial charge on any atom is 0.167 e. The van der Waals surface area contributed by atoms with Crippen molar-refractivity contribution >= 4 is 54.3 Å². The van der Waals surface area contributed by atoms with Crippen LogP contribution >= 0.6 is 0 Å². The van der Waals surface area contributed by atoms with Gasteiger partial charge in [-0.3, -0.25) is 0 Å². The van der Waals surface area contributed by atoms with Crippen LogP contribution in [-0.4, -0.2) is 15.0 Å². The van der Waals surface area contributed by atoms with Crippen molar-refractivity contribution < 1.29 is 4.42 Å². The van der Waals surface area contributed by atoms with E-state index in [1.165, 1.54) is 32.7 Å². The van der Waals surface area contributed by atoms with E-state index in [9.17, 15) is 0 Å². The topological polar surface area (TPSA) is 51.8 Å². The highest BCUT2D eigenvalue weighted by Gasteiger charge is 2.22. The second kappa shape index (κ2) is 14.3. The molecule has 4 heteroatoms. The minimum atomic E-state index is 0.549. The first-order valence-electron chi connectivity index (χ1n) is 20.6. The zero-order valence-electron chi connectivity index (χ0n) is 33.0. The molecule has 10 aromatic carbocycles. The lowest BCUT2D eigenvalue weighted by Crippen LogP contribution is -2.02. The summed E-state index contributed by atoms with van der Waals surface area (Å²) in [6.45, 7) is 0. The minimum Gasteiger partial charge on any atom is -0.455 e. The summed E-state index contributed by atoms with van der Waals surface area (Å²) in [6.07, 6.45) is 0. The molecule has 2 heterocycles. The molecule has 0 atom stereocenters. The van der Waals surface area contributed by atoms with Gasteiger partial charge in [-0.15, -0.1) is 0 Å². The Hall–Kier alpha value is -8.21. The van der Waals surface area contributed by atoms with Gasteiger partial charge in [0.25, 0.3) is 0 Å². The highest BCUT2D eigenvalue weighted by atomic mass is 16.3. The fourth-order valence-corrected chi connectivity index (χ4v) is 9.00. The summed E-state index contributed by atoms with van der Waals surface area (Å²) < 4.78 is 6.58. The molecule has 12 aromatic rings. The van der Waals surface area contributed by atoms with Crippen LogP contribution in [0.4, 0.5) is 0 Å². The Morgan fingerprint density at radius 2 is 0.852 bits per heavy atom. The predicted octanol–water partition coefficient (Wildman–Crippen LogP) is 15.2. The van der Waals surface area contributed by atoms with Crippen molar-refractivity contribution in [2.45, 2.75) is 0 Å². The van der Waals surface area contributed by atoms with Crippen LogP contribution in [0.5, 0.6) is 0 Å². The molecule has 0 aliphatic rings. The number of furan rings is 1. The van der Waals surface area contributed by atoms with Gasteiger partial charge in [-0.05, 0) is 90.0 Å². The Morgan fingerprint density at radius 1 is 0.279 bits per heavy atom. The first kappa shape index (κ1) is 34.8. The molecule has 61 heavy (non-hydrogen) atoms. The average Bonchev–Trinajstić information content (AvgIpc) is 3.72. The summed E-state index contributed by atoms with van der Waals surface area (Å²) in [6, 6.07) is 74.7. The van der Waals surface area contributed by atoms with Crippen molar-refractivity contribution in [3.63, 3.8) is 0 Å². The lowest BCUT2D eigenvalue weighted by atomic mass is 9.90. The number of para-hydroxylation sites is 2. The van der Waals surface area contributed by atoms with Crippen LogP contribution < -0.4 is 0 Å². The maximum absolute atomic E-state index is 6.58. The molecule has 2 aromatic heterocycles. The van der Waals surface area contributed by atoms with E-state index < -0.39 is 0 Å². The number of benzene rings is 10. The van der Waals surface area contributed by atoms with Crippen molar-refractivity contribution in [3.8, 4) is 67.5 Å². The van der Waals surface area contributed by atoms with E-state index in [0.717, 1.165) is 71.7 Å². The standard InChI is InChI=1S/C57H35N3O/c1-2-14-38(15-3-1)51-35-42(34-41-18-6-8-21-44(41)51)36-28-30-40(31-29-36)55-58-56(50-26-13-25-49-47-23-10-11-27-52(47)61-54(49)50)60-57(59-55)53-45-22-9-5-17-39(45)32-33-48(53)46-24-12-19-37-16-4-7-20-43(37)46/h1-35H.